The number of nitrogens with one attached hydrogen (secondary N) is 1. The van der Waals surface area contributed by atoms with Gasteiger partial charge in [0.1, 0.15) is 0 Å². The molecule has 0 amide bonds. The van der Waals surface area contributed by atoms with Gasteiger partial charge in [0.2, 0.25) is 5.89 Å². The summed E-state index contributed by atoms with van der Waals surface area (Å²) >= 11 is 0. The lowest BCUT2D eigenvalue weighted by Gasteiger charge is -2.35. The Morgan fingerprint density at radius 2 is 2.25 bits per heavy atom. The van der Waals surface area contributed by atoms with Gasteiger partial charge < -0.3 is 9.84 Å². The van der Waals surface area contributed by atoms with Crippen LogP contribution in [0.1, 0.15) is 57.2 Å². The summed E-state index contributed by atoms with van der Waals surface area (Å²) < 4.78 is 5.37. The molecule has 2 unspecified atom stereocenters. The van der Waals surface area contributed by atoms with Gasteiger partial charge in [-0.15, -0.1) is 0 Å². The Bertz CT molecular complexity index is 425. The Morgan fingerprint density at radius 3 is 2.95 bits per heavy atom. The minimum atomic E-state index is 0.337. The van der Waals surface area contributed by atoms with Crippen LogP contribution in [0.3, 0.4) is 0 Å². The normalized spacial score (nSPS) is 28.4. The molecule has 5 nitrogen and oxygen atoms in total. The zero-order chi connectivity index (χ0) is 13.9. The summed E-state index contributed by atoms with van der Waals surface area (Å²) in [6.45, 7) is 8.51. The van der Waals surface area contributed by atoms with Crippen molar-refractivity contribution < 1.29 is 4.52 Å². The van der Waals surface area contributed by atoms with Gasteiger partial charge in [-0.3, -0.25) is 4.90 Å². The lowest BCUT2D eigenvalue weighted by molar-refractivity contribution is 0.131. The van der Waals surface area contributed by atoms with Crippen LogP contribution in [-0.4, -0.2) is 40.7 Å². The Balaban J connectivity index is 1.56. The molecule has 0 aliphatic carbocycles. The van der Waals surface area contributed by atoms with Crippen molar-refractivity contribution in [3.05, 3.63) is 11.7 Å². The van der Waals surface area contributed by atoms with Crippen LogP contribution in [-0.2, 0) is 6.54 Å². The fraction of sp³-hybridized carbons (Fsp3) is 0.867. The lowest BCUT2D eigenvalue weighted by Crippen LogP contribution is -2.43. The van der Waals surface area contributed by atoms with E-state index in [1.54, 1.807) is 0 Å². The average molecular weight is 278 g/mol. The molecule has 1 aromatic heterocycles. The third-order valence-electron chi connectivity index (χ3n) is 4.57. The summed E-state index contributed by atoms with van der Waals surface area (Å²) in [5.74, 6) is 2.72. The van der Waals surface area contributed by atoms with E-state index >= 15 is 0 Å². The van der Waals surface area contributed by atoms with E-state index in [0.717, 1.165) is 43.3 Å². The third kappa shape index (κ3) is 3.20. The first-order valence-corrected chi connectivity index (χ1v) is 8.00. The van der Waals surface area contributed by atoms with E-state index in [9.17, 15) is 0 Å². The highest BCUT2D eigenvalue weighted by Gasteiger charge is 2.29. The van der Waals surface area contributed by atoms with Crippen LogP contribution in [0.4, 0.5) is 0 Å². The quantitative estimate of drug-likeness (QED) is 0.914. The molecule has 20 heavy (non-hydrogen) atoms. The molecule has 0 bridgehead atoms. The van der Waals surface area contributed by atoms with Crippen molar-refractivity contribution >= 4 is 0 Å². The third-order valence-corrected chi connectivity index (χ3v) is 4.57. The second-order valence-electron chi connectivity index (χ2n) is 6.54. The molecule has 2 atom stereocenters. The van der Waals surface area contributed by atoms with Crippen LogP contribution >= 0.6 is 0 Å². The van der Waals surface area contributed by atoms with Crippen molar-refractivity contribution in [2.24, 2.45) is 5.92 Å². The van der Waals surface area contributed by atoms with E-state index in [-0.39, 0.29) is 0 Å². The van der Waals surface area contributed by atoms with Crippen molar-refractivity contribution in [1.82, 2.24) is 20.4 Å². The van der Waals surface area contributed by atoms with Gasteiger partial charge in [-0.05, 0) is 44.7 Å². The van der Waals surface area contributed by atoms with Crippen molar-refractivity contribution in [3.63, 3.8) is 0 Å². The molecule has 3 rings (SSSR count). The van der Waals surface area contributed by atoms with Crippen LogP contribution in [0.2, 0.25) is 0 Å². The zero-order valence-electron chi connectivity index (χ0n) is 12.6. The molecule has 5 heteroatoms. The molecule has 0 saturated carbocycles. The molecule has 1 N–H and O–H groups in total. The number of aromatic nitrogens is 2. The van der Waals surface area contributed by atoms with Gasteiger partial charge in [-0.25, -0.2) is 0 Å². The number of nitrogens with zero attached hydrogens (tertiary/aromatic N) is 3. The Morgan fingerprint density at radius 1 is 1.35 bits per heavy atom. The standard InChI is InChI=1S/C15H26N4O/c1-11(2)15-17-14(20-18-15)10-19-8-4-5-12(9-19)13-6-3-7-16-13/h11-13,16H,3-10H2,1-2H3. The minimum Gasteiger partial charge on any atom is -0.338 e. The fourth-order valence-corrected chi connectivity index (χ4v) is 3.44. The predicted octanol–water partition coefficient (Wildman–Crippen LogP) is 2.16. The van der Waals surface area contributed by atoms with Crippen molar-refractivity contribution in [2.75, 3.05) is 19.6 Å². The number of piperidine rings is 1. The van der Waals surface area contributed by atoms with Crippen LogP contribution in [0, 0.1) is 5.92 Å². The summed E-state index contributed by atoms with van der Waals surface area (Å²) in [7, 11) is 0. The molecular weight excluding hydrogens is 252 g/mol. The molecule has 0 radical (unpaired) electrons. The van der Waals surface area contributed by atoms with Gasteiger partial charge in [0.05, 0.1) is 6.54 Å². The molecule has 1 aromatic rings. The first-order valence-electron chi connectivity index (χ1n) is 8.00. The predicted molar refractivity (Wildman–Crippen MR) is 77.4 cm³/mol. The van der Waals surface area contributed by atoms with Gasteiger partial charge in [0.25, 0.3) is 0 Å². The smallest absolute Gasteiger partial charge is 0.240 e. The zero-order valence-corrected chi connectivity index (χ0v) is 12.6. The maximum Gasteiger partial charge on any atom is 0.240 e. The molecule has 2 fully saturated rings. The molecular formula is C15H26N4O. The van der Waals surface area contributed by atoms with E-state index < -0.39 is 0 Å². The van der Waals surface area contributed by atoms with Gasteiger partial charge in [-0.2, -0.15) is 4.98 Å². The highest BCUT2D eigenvalue weighted by Crippen LogP contribution is 2.25. The summed E-state index contributed by atoms with van der Waals surface area (Å²) in [6, 6.07) is 0.728. The summed E-state index contributed by atoms with van der Waals surface area (Å²) in [6.07, 6.45) is 5.32. The summed E-state index contributed by atoms with van der Waals surface area (Å²) in [5, 5.41) is 7.70. The van der Waals surface area contributed by atoms with Crippen molar-refractivity contribution in [3.8, 4) is 0 Å². The highest BCUT2D eigenvalue weighted by molar-refractivity contribution is 4.93. The first kappa shape index (κ1) is 14.0. The van der Waals surface area contributed by atoms with E-state index in [1.807, 2.05) is 0 Å². The van der Waals surface area contributed by atoms with Crippen molar-refractivity contribution in [1.29, 1.82) is 0 Å². The number of hydrogen-bond acceptors (Lipinski definition) is 5. The van der Waals surface area contributed by atoms with Crippen LogP contribution in [0.5, 0.6) is 0 Å². The molecule has 112 valence electrons. The number of likely N-dealkylation sites (tertiary alicyclic amines) is 1. The van der Waals surface area contributed by atoms with E-state index in [4.69, 9.17) is 4.52 Å². The second kappa shape index (κ2) is 6.22. The van der Waals surface area contributed by atoms with Gasteiger partial charge in [0.15, 0.2) is 5.82 Å². The molecule has 2 aliphatic heterocycles. The highest BCUT2D eigenvalue weighted by atomic mass is 16.5. The van der Waals surface area contributed by atoms with E-state index in [1.165, 1.54) is 32.2 Å². The molecule has 2 saturated heterocycles. The van der Waals surface area contributed by atoms with E-state index in [0.29, 0.717) is 5.92 Å². The summed E-state index contributed by atoms with van der Waals surface area (Å²) in [5.41, 5.74) is 0. The topological polar surface area (TPSA) is 54.2 Å². The maximum atomic E-state index is 5.37. The van der Waals surface area contributed by atoms with Crippen LogP contribution < -0.4 is 5.32 Å². The van der Waals surface area contributed by atoms with Gasteiger partial charge in [-0.1, -0.05) is 19.0 Å². The molecule has 3 heterocycles. The summed E-state index contributed by atoms with van der Waals surface area (Å²) in [4.78, 5) is 6.97. The monoisotopic (exact) mass is 278 g/mol. The largest absolute Gasteiger partial charge is 0.338 e. The Kier molecular flexibility index (Phi) is 4.36. The first-order chi connectivity index (χ1) is 9.72. The fourth-order valence-electron chi connectivity index (χ4n) is 3.44. The second-order valence-corrected chi connectivity index (χ2v) is 6.54. The van der Waals surface area contributed by atoms with Gasteiger partial charge >= 0.3 is 0 Å². The van der Waals surface area contributed by atoms with Crippen LogP contribution in [0.15, 0.2) is 4.52 Å². The molecule has 0 spiro atoms. The molecule has 2 aliphatic rings. The van der Waals surface area contributed by atoms with Crippen molar-refractivity contribution in [2.45, 2.75) is 58.0 Å². The van der Waals surface area contributed by atoms with E-state index in [2.05, 4.69) is 34.2 Å². The number of rotatable bonds is 4. The maximum absolute atomic E-state index is 5.37. The molecule has 0 aromatic carbocycles. The lowest BCUT2D eigenvalue weighted by atomic mass is 9.90. The van der Waals surface area contributed by atoms with Gasteiger partial charge in [0, 0.05) is 18.5 Å². The minimum absolute atomic E-state index is 0.337. The Hall–Kier alpha value is -0.940. The average Bonchev–Trinajstić information content (AvgIpc) is 3.10. The SMILES string of the molecule is CC(C)c1noc(CN2CCCC(C3CCCN3)C2)n1. The van der Waals surface area contributed by atoms with Crippen LogP contribution in [0.25, 0.3) is 0 Å². The number of hydrogen-bond donors (Lipinski definition) is 1. The Labute approximate surface area is 121 Å².